The van der Waals surface area contributed by atoms with Crippen LogP contribution in [0.3, 0.4) is 0 Å². The number of carbonyl (C=O) groups is 1. The van der Waals surface area contributed by atoms with Crippen molar-refractivity contribution < 1.29 is 9.53 Å². The SMILES string of the molecule is CCCC(C#N)C(=O)Nc1ccc(C#N)cc1OC. The zero-order valence-corrected chi connectivity index (χ0v) is 10.9. The van der Waals surface area contributed by atoms with Gasteiger partial charge in [0.1, 0.15) is 11.7 Å². The second-order valence-corrected chi connectivity index (χ2v) is 3.99. The van der Waals surface area contributed by atoms with E-state index in [0.29, 0.717) is 23.4 Å². The maximum atomic E-state index is 11.9. The van der Waals surface area contributed by atoms with Crippen LogP contribution in [0.15, 0.2) is 18.2 Å². The first-order valence-corrected chi connectivity index (χ1v) is 5.94. The Balaban J connectivity index is 2.91. The lowest BCUT2D eigenvalue weighted by Gasteiger charge is -2.12. The summed E-state index contributed by atoms with van der Waals surface area (Å²) >= 11 is 0. The number of hydrogen-bond acceptors (Lipinski definition) is 4. The Kier molecular flexibility index (Phi) is 5.37. The van der Waals surface area contributed by atoms with Crippen LogP contribution in [-0.2, 0) is 4.79 Å². The van der Waals surface area contributed by atoms with E-state index in [1.54, 1.807) is 12.1 Å². The fourth-order valence-corrected chi connectivity index (χ4v) is 1.63. The summed E-state index contributed by atoms with van der Waals surface area (Å²) in [6.45, 7) is 1.92. The highest BCUT2D eigenvalue weighted by Gasteiger charge is 2.18. The summed E-state index contributed by atoms with van der Waals surface area (Å²) in [5.41, 5.74) is 0.906. The summed E-state index contributed by atoms with van der Waals surface area (Å²) in [6, 6.07) is 8.68. The Morgan fingerprint density at radius 2 is 2.21 bits per heavy atom. The lowest BCUT2D eigenvalue weighted by atomic mass is 10.0. The van der Waals surface area contributed by atoms with Gasteiger partial charge < -0.3 is 10.1 Å². The van der Waals surface area contributed by atoms with Crippen LogP contribution >= 0.6 is 0 Å². The van der Waals surface area contributed by atoms with Crippen LogP contribution in [0.2, 0.25) is 0 Å². The summed E-state index contributed by atoms with van der Waals surface area (Å²) in [6.07, 6.45) is 1.27. The normalized spacial score (nSPS) is 10.9. The molecule has 1 amide bonds. The molecule has 0 saturated carbocycles. The number of ether oxygens (including phenoxy) is 1. The molecule has 0 aliphatic heterocycles. The molecule has 0 aromatic heterocycles. The molecule has 19 heavy (non-hydrogen) atoms. The van der Waals surface area contributed by atoms with Crippen LogP contribution in [0.1, 0.15) is 25.3 Å². The third-order valence-corrected chi connectivity index (χ3v) is 2.64. The number of anilines is 1. The van der Waals surface area contributed by atoms with Crippen LogP contribution in [0, 0.1) is 28.6 Å². The van der Waals surface area contributed by atoms with Crippen molar-refractivity contribution in [3.05, 3.63) is 23.8 Å². The number of hydrogen-bond donors (Lipinski definition) is 1. The molecule has 0 aliphatic rings. The van der Waals surface area contributed by atoms with E-state index < -0.39 is 5.92 Å². The molecule has 0 radical (unpaired) electrons. The molecule has 1 N–H and O–H groups in total. The molecule has 0 heterocycles. The van der Waals surface area contributed by atoms with Crippen LogP contribution in [0.25, 0.3) is 0 Å². The third-order valence-electron chi connectivity index (χ3n) is 2.64. The fraction of sp³-hybridized carbons (Fsp3) is 0.357. The zero-order chi connectivity index (χ0) is 14.3. The minimum atomic E-state index is -0.676. The van der Waals surface area contributed by atoms with Gasteiger partial charge in [0.25, 0.3) is 0 Å². The fourth-order valence-electron chi connectivity index (χ4n) is 1.63. The largest absolute Gasteiger partial charge is 0.495 e. The first-order chi connectivity index (χ1) is 9.15. The molecule has 0 aliphatic carbocycles. The van der Waals surface area contributed by atoms with Crippen molar-refractivity contribution in [3.63, 3.8) is 0 Å². The lowest BCUT2D eigenvalue weighted by Crippen LogP contribution is -2.21. The Labute approximate surface area is 112 Å². The summed E-state index contributed by atoms with van der Waals surface area (Å²) in [5.74, 6) is -0.627. The molecule has 0 fully saturated rings. The maximum absolute atomic E-state index is 11.9. The highest BCUT2D eigenvalue weighted by molar-refractivity contribution is 5.95. The molecule has 1 atom stereocenters. The van der Waals surface area contributed by atoms with E-state index in [1.165, 1.54) is 13.2 Å². The van der Waals surface area contributed by atoms with Gasteiger partial charge in [-0.3, -0.25) is 4.79 Å². The molecule has 1 aromatic rings. The Bertz CT molecular complexity index is 541. The third kappa shape index (κ3) is 3.72. The van der Waals surface area contributed by atoms with Gasteiger partial charge in [0.15, 0.2) is 0 Å². The Morgan fingerprint density at radius 3 is 2.74 bits per heavy atom. The molecule has 0 bridgehead atoms. The van der Waals surface area contributed by atoms with E-state index in [0.717, 1.165) is 6.42 Å². The molecule has 5 nitrogen and oxygen atoms in total. The average Bonchev–Trinajstić information content (AvgIpc) is 2.44. The highest BCUT2D eigenvalue weighted by Crippen LogP contribution is 2.26. The van der Waals surface area contributed by atoms with Crippen LogP contribution in [0.5, 0.6) is 5.75 Å². The number of methoxy groups -OCH3 is 1. The van der Waals surface area contributed by atoms with Gasteiger partial charge in [0.05, 0.1) is 30.5 Å². The van der Waals surface area contributed by atoms with Crippen molar-refractivity contribution in [1.82, 2.24) is 0 Å². The summed E-state index contributed by atoms with van der Waals surface area (Å²) in [7, 11) is 1.46. The summed E-state index contributed by atoms with van der Waals surface area (Å²) < 4.78 is 5.11. The number of benzene rings is 1. The number of nitrogens with one attached hydrogen (secondary N) is 1. The molecule has 98 valence electrons. The first kappa shape index (κ1) is 14.5. The van der Waals surface area contributed by atoms with Crippen LogP contribution in [0.4, 0.5) is 5.69 Å². The van der Waals surface area contributed by atoms with E-state index in [1.807, 2.05) is 19.1 Å². The Hall–Kier alpha value is -2.53. The Morgan fingerprint density at radius 1 is 1.47 bits per heavy atom. The number of rotatable bonds is 5. The standard InChI is InChI=1S/C14H15N3O2/c1-3-4-11(9-16)14(18)17-12-6-5-10(8-15)7-13(12)19-2/h5-7,11H,3-4H2,1-2H3,(H,17,18). The molecule has 0 spiro atoms. The van der Waals surface area contributed by atoms with Gasteiger partial charge in [-0.05, 0) is 18.6 Å². The van der Waals surface area contributed by atoms with Gasteiger partial charge >= 0.3 is 0 Å². The smallest absolute Gasteiger partial charge is 0.241 e. The molecular formula is C14H15N3O2. The second kappa shape index (κ2) is 7.03. The van der Waals surface area contributed by atoms with Gasteiger partial charge in [-0.25, -0.2) is 0 Å². The highest BCUT2D eigenvalue weighted by atomic mass is 16.5. The number of nitrogens with zero attached hydrogens (tertiary/aromatic N) is 2. The first-order valence-electron chi connectivity index (χ1n) is 5.94. The van der Waals surface area contributed by atoms with Crippen molar-refractivity contribution in [1.29, 1.82) is 10.5 Å². The minimum absolute atomic E-state index is 0.354. The van der Waals surface area contributed by atoms with Gasteiger partial charge in [0.2, 0.25) is 5.91 Å². The number of amides is 1. The van der Waals surface area contributed by atoms with Gasteiger partial charge in [-0.1, -0.05) is 13.3 Å². The molecular weight excluding hydrogens is 242 g/mol. The lowest BCUT2D eigenvalue weighted by molar-refractivity contribution is -0.118. The molecule has 1 aromatic carbocycles. The summed E-state index contributed by atoms with van der Waals surface area (Å²) in [5, 5.41) is 20.4. The molecule has 1 rings (SSSR count). The second-order valence-electron chi connectivity index (χ2n) is 3.99. The summed E-state index contributed by atoms with van der Waals surface area (Å²) in [4.78, 5) is 11.9. The quantitative estimate of drug-likeness (QED) is 0.877. The van der Waals surface area contributed by atoms with Gasteiger partial charge in [0, 0.05) is 6.07 Å². The predicted octanol–water partition coefficient (Wildman–Crippen LogP) is 2.45. The van der Waals surface area contributed by atoms with Crippen LogP contribution < -0.4 is 10.1 Å². The average molecular weight is 257 g/mol. The topological polar surface area (TPSA) is 85.9 Å². The van der Waals surface area contributed by atoms with Crippen molar-refractivity contribution in [2.75, 3.05) is 12.4 Å². The number of nitriles is 2. The number of carbonyl (C=O) groups excluding carboxylic acids is 1. The van der Waals surface area contributed by atoms with E-state index in [2.05, 4.69) is 5.32 Å². The minimum Gasteiger partial charge on any atom is -0.495 e. The van der Waals surface area contributed by atoms with E-state index in [4.69, 9.17) is 15.3 Å². The maximum Gasteiger partial charge on any atom is 0.241 e. The van der Waals surface area contributed by atoms with Crippen molar-refractivity contribution in [2.45, 2.75) is 19.8 Å². The van der Waals surface area contributed by atoms with Gasteiger partial charge in [-0.2, -0.15) is 10.5 Å². The van der Waals surface area contributed by atoms with E-state index in [9.17, 15) is 4.79 Å². The van der Waals surface area contributed by atoms with E-state index >= 15 is 0 Å². The van der Waals surface area contributed by atoms with E-state index in [-0.39, 0.29) is 5.91 Å². The van der Waals surface area contributed by atoms with Crippen molar-refractivity contribution >= 4 is 11.6 Å². The van der Waals surface area contributed by atoms with Gasteiger partial charge in [-0.15, -0.1) is 0 Å². The zero-order valence-electron chi connectivity index (χ0n) is 10.9. The molecule has 0 saturated heterocycles. The molecule has 1 unspecified atom stereocenters. The van der Waals surface area contributed by atoms with Crippen molar-refractivity contribution in [2.24, 2.45) is 5.92 Å². The monoisotopic (exact) mass is 257 g/mol. The van der Waals surface area contributed by atoms with Crippen molar-refractivity contribution in [3.8, 4) is 17.9 Å². The molecule has 5 heteroatoms. The predicted molar refractivity (Wildman–Crippen MR) is 70.3 cm³/mol. The van der Waals surface area contributed by atoms with Crippen LogP contribution in [-0.4, -0.2) is 13.0 Å².